The van der Waals surface area contributed by atoms with Gasteiger partial charge >= 0.3 is 0 Å². The molecule has 1 unspecified atom stereocenters. The van der Waals surface area contributed by atoms with Crippen LogP contribution in [0, 0.1) is 5.82 Å². The molecule has 0 aliphatic rings. The molecular weight excluding hydrogens is 193 g/mol. The van der Waals surface area contributed by atoms with E-state index in [0.29, 0.717) is 12.3 Å². The van der Waals surface area contributed by atoms with Crippen LogP contribution in [0.1, 0.15) is 30.9 Å². The fraction of sp³-hybridized carbons (Fsp3) is 0.500. The molecule has 1 aromatic carbocycles. The lowest BCUT2D eigenvalue weighted by Crippen LogP contribution is -2.11. The lowest BCUT2D eigenvalue weighted by molar-refractivity contribution is 0.378. The maximum atomic E-state index is 13.6. The standard InChI is InChI=1S/C12H18FNO/c1-4-9-5-10(8(2)7-14)12(15-3)11(13)6-9/h5-6,8H,4,7,14H2,1-3H3. The Hall–Kier alpha value is -1.09. The highest BCUT2D eigenvalue weighted by Crippen LogP contribution is 2.30. The number of hydrogen-bond donors (Lipinski definition) is 1. The molecule has 0 amide bonds. The molecule has 0 saturated carbocycles. The van der Waals surface area contributed by atoms with Crippen LogP contribution < -0.4 is 10.5 Å². The molecule has 15 heavy (non-hydrogen) atoms. The third-order valence-electron chi connectivity index (χ3n) is 2.63. The van der Waals surface area contributed by atoms with Crippen molar-refractivity contribution >= 4 is 0 Å². The second kappa shape index (κ2) is 5.12. The fourth-order valence-corrected chi connectivity index (χ4v) is 1.59. The molecule has 84 valence electrons. The Kier molecular flexibility index (Phi) is 4.09. The number of aryl methyl sites for hydroxylation is 1. The third kappa shape index (κ3) is 2.48. The molecule has 0 heterocycles. The molecule has 2 N–H and O–H groups in total. The minimum atomic E-state index is -0.299. The van der Waals surface area contributed by atoms with E-state index in [1.807, 2.05) is 19.9 Å². The van der Waals surface area contributed by atoms with Gasteiger partial charge in [0, 0.05) is 5.56 Å². The summed E-state index contributed by atoms with van der Waals surface area (Å²) in [6, 6.07) is 3.49. The number of hydrogen-bond acceptors (Lipinski definition) is 2. The molecular formula is C12H18FNO. The van der Waals surface area contributed by atoms with Gasteiger partial charge in [0.25, 0.3) is 0 Å². The first kappa shape index (κ1) is 12.0. The molecule has 0 aliphatic carbocycles. The van der Waals surface area contributed by atoms with Crippen LogP contribution in [0.25, 0.3) is 0 Å². The van der Waals surface area contributed by atoms with Crippen LogP contribution in [0.2, 0.25) is 0 Å². The van der Waals surface area contributed by atoms with Gasteiger partial charge in [0.2, 0.25) is 0 Å². The molecule has 2 nitrogen and oxygen atoms in total. The van der Waals surface area contributed by atoms with E-state index < -0.39 is 0 Å². The van der Waals surface area contributed by atoms with Gasteiger partial charge in [-0.25, -0.2) is 4.39 Å². The maximum absolute atomic E-state index is 13.6. The van der Waals surface area contributed by atoms with Crippen molar-refractivity contribution in [3.8, 4) is 5.75 Å². The van der Waals surface area contributed by atoms with Crippen molar-refractivity contribution in [1.29, 1.82) is 0 Å². The van der Waals surface area contributed by atoms with Crippen molar-refractivity contribution in [2.24, 2.45) is 5.73 Å². The highest BCUT2D eigenvalue weighted by Gasteiger charge is 2.15. The number of ether oxygens (including phenoxy) is 1. The highest BCUT2D eigenvalue weighted by atomic mass is 19.1. The highest BCUT2D eigenvalue weighted by molar-refractivity contribution is 5.41. The van der Waals surface area contributed by atoms with E-state index in [0.717, 1.165) is 17.5 Å². The summed E-state index contributed by atoms with van der Waals surface area (Å²) in [6.45, 7) is 4.46. The molecule has 1 rings (SSSR count). The topological polar surface area (TPSA) is 35.2 Å². The zero-order chi connectivity index (χ0) is 11.4. The Bertz CT molecular complexity index is 339. The third-order valence-corrected chi connectivity index (χ3v) is 2.63. The molecule has 0 aromatic heterocycles. The molecule has 3 heteroatoms. The average molecular weight is 211 g/mol. The second-order valence-corrected chi connectivity index (χ2v) is 3.69. The summed E-state index contributed by atoms with van der Waals surface area (Å²) in [6.07, 6.45) is 0.811. The number of halogens is 1. The zero-order valence-electron chi connectivity index (χ0n) is 9.51. The number of rotatable bonds is 4. The summed E-state index contributed by atoms with van der Waals surface area (Å²) in [5.74, 6) is 0.137. The van der Waals surface area contributed by atoms with Gasteiger partial charge in [-0.15, -0.1) is 0 Å². The summed E-state index contributed by atoms with van der Waals surface area (Å²) >= 11 is 0. The van der Waals surface area contributed by atoms with Crippen molar-refractivity contribution in [2.75, 3.05) is 13.7 Å². The zero-order valence-corrected chi connectivity index (χ0v) is 9.51. The normalized spacial score (nSPS) is 12.6. The van der Waals surface area contributed by atoms with Crippen molar-refractivity contribution in [2.45, 2.75) is 26.2 Å². The summed E-state index contributed by atoms with van der Waals surface area (Å²) in [4.78, 5) is 0. The van der Waals surface area contributed by atoms with Crippen molar-refractivity contribution in [1.82, 2.24) is 0 Å². The summed E-state index contributed by atoms with van der Waals surface area (Å²) in [5, 5.41) is 0. The SMILES string of the molecule is CCc1cc(F)c(OC)c(C(C)CN)c1. The van der Waals surface area contributed by atoms with Crippen LogP contribution in [0.5, 0.6) is 5.75 Å². The van der Waals surface area contributed by atoms with Crippen LogP contribution in [0.3, 0.4) is 0 Å². The molecule has 1 atom stereocenters. The van der Waals surface area contributed by atoms with Crippen LogP contribution >= 0.6 is 0 Å². The van der Waals surface area contributed by atoms with E-state index in [-0.39, 0.29) is 11.7 Å². The Morgan fingerprint density at radius 3 is 2.60 bits per heavy atom. The maximum Gasteiger partial charge on any atom is 0.165 e. The van der Waals surface area contributed by atoms with E-state index >= 15 is 0 Å². The first-order valence-electron chi connectivity index (χ1n) is 5.20. The quantitative estimate of drug-likeness (QED) is 0.830. The molecule has 0 bridgehead atoms. The van der Waals surface area contributed by atoms with Gasteiger partial charge in [-0.05, 0) is 30.5 Å². The van der Waals surface area contributed by atoms with Crippen molar-refractivity contribution in [3.63, 3.8) is 0 Å². The van der Waals surface area contributed by atoms with E-state index in [4.69, 9.17) is 10.5 Å². The minimum absolute atomic E-state index is 0.112. The number of benzene rings is 1. The van der Waals surface area contributed by atoms with E-state index in [9.17, 15) is 4.39 Å². The van der Waals surface area contributed by atoms with E-state index in [1.54, 1.807) is 0 Å². The monoisotopic (exact) mass is 211 g/mol. The molecule has 0 spiro atoms. The Morgan fingerprint density at radius 2 is 2.13 bits per heavy atom. The minimum Gasteiger partial charge on any atom is -0.493 e. The predicted molar refractivity (Wildman–Crippen MR) is 59.8 cm³/mol. The Labute approximate surface area is 90.2 Å². The average Bonchev–Trinajstić information content (AvgIpc) is 2.26. The van der Waals surface area contributed by atoms with Gasteiger partial charge in [0.05, 0.1) is 7.11 Å². The number of methoxy groups -OCH3 is 1. The molecule has 0 fully saturated rings. The van der Waals surface area contributed by atoms with E-state index in [1.165, 1.54) is 13.2 Å². The first-order valence-corrected chi connectivity index (χ1v) is 5.20. The predicted octanol–water partition coefficient (Wildman–Crippen LogP) is 2.46. The molecule has 0 saturated heterocycles. The molecule has 0 aliphatic heterocycles. The first-order chi connectivity index (χ1) is 7.13. The number of nitrogens with two attached hydrogens (primary N) is 1. The van der Waals surface area contributed by atoms with Gasteiger partial charge in [0.1, 0.15) is 0 Å². The van der Waals surface area contributed by atoms with Crippen LogP contribution in [0.4, 0.5) is 4.39 Å². The van der Waals surface area contributed by atoms with E-state index in [2.05, 4.69) is 0 Å². The summed E-state index contributed by atoms with van der Waals surface area (Å²) in [5.41, 5.74) is 7.43. The summed E-state index contributed by atoms with van der Waals surface area (Å²) in [7, 11) is 1.48. The fourth-order valence-electron chi connectivity index (χ4n) is 1.59. The van der Waals surface area contributed by atoms with Gasteiger partial charge in [-0.2, -0.15) is 0 Å². The van der Waals surface area contributed by atoms with Gasteiger partial charge in [-0.3, -0.25) is 0 Å². The smallest absolute Gasteiger partial charge is 0.165 e. The lowest BCUT2D eigenvalue weighted by Gasteiger charge is -2.16. The Balaban J connectivity index is 3.25. The second-order valence-electron chi connectivity index (χ2n) is 3.69. The van der Waals surface area contributed by atoms with Crippen LogP contribution in [-0.4, -0.2) is 13.7 Å². The Morgan fingerprint density at radius 1 is 1.47 bits per heavy atom. The lowest BCUT2D eigenvalue weighted by atomic mass is 9.97. The molecule has 0 radical (unpaired) electrons. The van der Waals surface area contributed by atoms with Crippen LogP contribution in [0.15, 0.2) is 12.1 Å². The van der Waals surface area contributed by atoms with Crippen molar-refractivity contribution < 1.29 is 9.13 Å². The van der Waals surface area contributed by atoms with Gasteiger partial charge in [0.15, 0.2) is 11.6 Å². The summed E-state index contributed by atoms with van der Waals surface area (Å²) < 4.78 is 18.7. The van der Waals surface area contributed by atoms with Gasteiger partial charge in [-0.1, -0.05) is 19.9 Å². The van der Waals surface area contributed by atoms with Crippen molar-refractivity contribution in [3.05, 3.63) is 29.1 Å². The van der Waals surface area contributed by atoms with Gasteiger partial charge < -0.3 is 10.5 Å². The largest absolute Gasteiger partial charge is 0.493 e. The molecule has 1 aromatic rings. The van der Waals surface area contributed by atoms with Crippen LogP contribution in [-0.2, 0) is 6.42 Å².